The fraction of sp³-hybridized carbons (Fsp3) is 0.385. The molecule has 2 nitrogen and oxygen atoms in total. The zero-order valence-electron chi connectivity index (χ0n) is 10.2. The second kappa shape index (κ2) is 6.23. The highest BCUT2D eigenvalue weighted by Gasteiger charge is 2.15. The molecule has 0 radical (unpaired) electrons. The van der Waals surface area contributed by atoms with Crippen LogP contribution in [-0.2, 0) is 0 Å². The zero-order chi connectivity index (χ0) is 12.8. The summed E-state index contributed by atoms with van der Waals surface area (Å²) < 4.78 is 37.1. The molecule has 94 valence electrons. The van der Waals surface area contributed by atoms with Gasteiger partial charge in [-0.05, 0) is 38.5 Å². The third kappa shape index (κ3) is 3.44. The molecule has 4 heteroatoms. The summed E-state index contributed by atoms with van der Waals surface area (Å²) in [7, 11) is 0. The van der Waals surface area contributed by atoms with Gasteiger partial charge < -0.3 is 9.47 Å². The molecule has 1 rings (SSSR count). The van der Waals surface area contributed by atoms with Crippen molar-refractivity contribution in [1.29, 1.82) is 0 Å². The van der Waals surface area contributed by atoms with E-state index in [1.54, 1.807) is 6.92 Å². The number of hydrogen-bond acceptors (Lipinski definition) is 2. The maximum absolute atomic E-state index is 13.5. The molecular weight excluding hydrogens is 226 g/mol. The van der Waals surface area contributed by atoms with Crippen LogP contribution in [0.5, 0.6) is 11.5 Å². The van der Waals surface area contributed by atoms with Gasteiger partial charge in [0.15, 0.2) is 11.5 Å². The van der Waals surface area contributed by atoms with Crippen LogP contribution >= 0.6 is 0 Å². The first kappa shape index (κ1) is 13.5. The van der Waals surface area contributed by atoms with E-state index in [1.165, 1.54) is 12.1 Å². The van der Waals surface area contributed by atoms with Gasteiger partial charge in [-0.1, -0.05) is 6.08 Å². The summed E-state index contributed by atoms with van der Waals surface area (Å²) in [5, 5.41) is 0. The van der Waals surface area contributed by atoms with E-state index in [4.69, 9.17) is 9.47 Å². The Kier molecular flexibility index (Phi) is 4.94. The molecule has 0 aliphatic heterocycles. The topological polar surface area (TPSA) is 18.5 Å². The standard InChI is InChI=1S/C13H16F2O2/c1-4-9(3)8-17-11-7-6-10(16-5-2)12(14)13(11)15/h4,6-7H,5,8H2,1-3H3/b9-4+. The van der Waals surface area contributed by atoms with Crippen molar-refractivity contribution in [2.75, 3.05) is 13.2 Å². The van der Waals surface area contributed by atoms with E-state index in [9.17, 15) is 8.78 Å². The molecule has 0 fully saturated rings. The van der Waals surface area contributed by atoms with Gasteiger partial charge in [-0.2, -0.15) is 8.78 Å². The Bertz CT molecular complexity index is 414. The predicted molar refractivity (Wildman–Crippen MR) is 62.5 cm³/mol. The fourth-order valence-corrected chi connectivity index (χ4v) is 1.17. The molecule has 0 aromatic heterocycles. The third-order valence-electron chi connectivity index (χ3n) is 2.26. The molecule has 0 saturated heterocycles. The Hall–Kier alpha value is -1.58. The quantitative estimate of drug-likeness (QED) is 0.733. The number of halogens is 2. The second-order valence-electron chi connectivity index (χ2n) is 3.55. The van der Waals surface area contributed by atoms with Crippen LogP contribution < -0.4 is 9.47 Å². The average Bonchev–Trinajstić information content (AvgIpc) is 2.34. The van der Waals surface area contributed by atoms with E-state index in [1.807, 2.05) is 19.9 Å². The molecule has 0 spiro atoms. The van der Waals surface area contributed by atoms with Crippen molar-refractivity contribution < 1.29 is 18.3 Å². The molecule has 0 bridgehead atoms. The number of ether oxygens (including phenoxy) is 2. The molecule has 17 heavy (non-hydrogen) atoms. The monoisotopic (exact) mass is 242 g/mol. The van der Waals surface area contributed by atoms with Gasteiger partial charge in [0.2, 0.25) is 11.6 Å². The predicted octanol–water partition coefficient (Wildman–Crippen LogP) is 3.71. The zero-order valence-corrected chi connectivity index (χ0v) is 10.2. The highest BCUT2D eigenvalue weighted by Crippen LogP contribution is 2.27. The Labute approximate surface area is 99.9 Å². The van der Waals surface area contributed by atoms with Crippen molar-refractivity contribution in [1.82, 2.24) is 0 Å². The van der Waals surface area contributed by atoms with Crippen LogP contribution in [0.15, 0.2) is 23.8 Å². The number of allylic oxidation sites excluding steroid dienone is 1. The molecule has 0 unspecified atom stereocenters. The molecule has 1 aromatic carbocycles. The molecule has 0 heterocycles. The van der Waals surface area contributed by atoms with Gasteiger partial charge in [0.05, 0.1) is 6.61 Å². The highest BCUT2D eigenvalue weighted by molar-refractivity contribution is 5.35. The van der Waals surface area contributed by atoms with Gasteiger partial charge in [-0.3, -0.25) is 0 Å². The number of rotatable bonds is 5. The van der Waals surface area contributed by atoms with Gasteiger partial charge in [-0.15, -0.1) is 0 Å². The molecule has 0 N–H and O–H groups in total. The lowest BCUT2D eigenvalue weighted by Crippen LogP contribution is -2.03. The van der Waals surface area contributed by atoms with Crippen molar-refractivity contribution in [2.24, 2.45) is 0 Å². The van der Waals surface area contributed by atoms with E-state index in [0.717, 1.165) is 5.57 Å². The van der Waals surface area contributed by atoms with E-state index in [-0.39, 0.29) is 24.7 Å². The minimum Gasteiger partial charge on any atom is -0.491 e. The van der Waals surface area contributed by atoms with Crippen molar-refractivity contribution in [3.63, 3.8) is 0 Å². The van der Waals surface area contributed by atoms with Crippen LogP contribution in [0, 0.1) is 11.6 Å². The summed E-state index contributed by atoms with van der Waals surface area (Å²) in [5.41, 5.74) is 0.943. The van der Waals surface area contributed by atoms with Gasteiger partial charge in [0.25, 0.3) is 0 Å². The van der Waals surface area contributed by atoms with Crippen LogP contribution in [-0.4, -0.2) is 13.2 Å². The van der Waals surface area contributed by atoms with E-state index < -0.39 is 11.6 Å². The Balaban J connectivity index is 2.85. The Morgan fingerprint density at radius 2 is 1.71 bits per heavy atom. The van der Waals surface area contributed by atoms with Crippen LogP contribution in [0.25, 0.3) is 0 Å². The largest absolute Gasteiger partial charge is 0.491 e. The summed E-state index contributed by atoms with van der Waals surface area (Å²) >= 11 is 0. The summed E-state index contributed by atoms with van der Waals surface area (Å²) in [6, 6.07) is 2.73. The van der Waals surface area contributed by atoms with Gasteiger partial charge in [0, 0.05) is 0 Å². The molecular formula is C13H16F2O2. The molecule has 1 aromatic rings. The first-order chi connectivity index (χ1) is 8.10. The average molecular weight is 242 g/mol. The molecule has 0 aliphatic rings. The normalized spacial score (nSPS) is 11.5. The van der Waals surface area contributed by atoms with Crippen LogP contribution in [0.4, 0.5) is 8.78 Å². The van der Waals surface area contributed by atoms with E-state index in [2.05, 4.69) is 0 Å². The first-order valence-corrected chi connectivity index (χ1v) is 5.45. The first-order valence-electron chi connectivity index (χ1n) is 5.45. The molecule has 0 aliphatic carbocycles. The van der Waals surface area contributed by atoms with Crippen molar-refractivity contribution >= 4 is 0 Å². The van der Waals surface area contributed by atoms with Gasteiger partial charge >= 0.3 is 0 Å². The molecule has 0 amide bonds. The summed E-state index contributed by atoms with van der Waals surface area (Å²) in [6.45, 7) is 5.93. The van der Waals surface area contributed by atoms with Crippen molar-refractivity contribution in [3.05, 3.63) is 35.4 Å². The maximum Gasteiger partial charge on any atom is 0.204 e. The smallest absolute Gasteiger partial charge is 0.204 e. The van der Waals surface area contributed by atoms with Crippen molar-refractivity contribution in [2.45, 2.75) is 20.8 Å². The molecule has 0 atom stereocenters. The number of hydrogen-bond donors (Lipinski definition) is 0. The summed E-state index contributed by atoms with van der Waals surface area (Å²) in [4.78, 5) is 0. The summed E-state index contributed by atoms with van der Waals surface area (Å²) in [6.07, 6.45) is 1.85. The lowest BCUT2D eigenvalue weighted by molar-refractivity contribution is 0.296. The second-order valence-corrected chi connectivity index (χ2v) is 3.55. The fourth-order valence-electron chi connectivity index (χ4n) is 1.17. The van der Waals surface area contributed by atoms with Crippen LogP contribution in [0.1, 0.15) is 20.8 Å². The van der Waals surface area contributed by atoms with E-state index in [0.29, 0.717) is 0 Å². The summed E-state index contributed by atoms with van der Waals surface area (Å²) in [5.74, 6) is -2.23. The van der Waals surface area contributed by atoms with Gasteiger partial charge in [0.1, 0.15) is 6.61 Å². The maximum atomic E-state index is 13.5. The van der Waals surface area contributed by atoms with Crippen molar-refractivity contribution in [3.8, 4) is 11.5 Å². The van der Waals surface area contributed by atoms with Crippen LogP contribution in [0.3, 0.4) is 0 Å². The molecule has 0 saturated carbocycles. The minimum atomic E-state index is -1.01. The van der Waals surface area contributed by atoms with Gasteiger partial charge in [-0.25, -0.2) is 0 Å². The third-order valence-corrected chi connectivity index (χ3v) is 2.26. The Morgan fingerprint density at radius 3 is 2.18 bits per heavy atom. The highest BCUT2D eigenvalue weighted by atomic mass is 19.2. The lowest BCUT2D eigenvalue weighted by atomic mass is 10.3. The minimum absolute atomic E-state index is 0.0971. The Morgan fingerprint density at radius 1 is 1.18 bits per heavy atom. The SMILES string of the molecule is C/C=C(\C)COc1ccc(OCC)c(F)c1F. The van der Waals surface area contributed by atoms with Crippen LogP contribution in [0.2, 0.25) is 0 Å². The lowest BCUT2D eigenvalue weighted by Gasteiger charge is -2.10. The number of benzene rings is 1. The van der Waals surface area contributed by atoms with E-state index >= 15 is 0 Å².